The quantitative estimate of drug-likeness (QED) is 0.406. The lowest BCUT2D eigenvalue weighted by molar-refractivity contribution is 0.146. The molecule has 0 saturated carbocycles. The van der Waals surface area contributed by atoms with Gasteiger partial charge in [0, 0.05) is 0 Å². The summed E-state index contributed by atoms with van der Waals surface area (Å²) in [6.45, 7) is 4.35. The Morgan fingerprint density at radius 2 is 0.800 bits per heavy atom. The largest absolute Gasteiger partial charge is 0.393 e. The molecule has 2 nitrogen and oxygen atoms in total. The molecule has 0 spiro atoms. The van der Waals surface area contributed by atoms with Gasteiger partial charge in [-0.25, -0.2) is 0 Å². The SMILES string of the molecule is CCCCC(O)CCCCCCCCC(O)CCCC. The molecule has 0 aliphatic rings. The van der Waals surface area contributed by atoms with Crippen molar-refractivity contribution in [3.63, 3.8) is 0 Å². The zero-order valence-electron chi connectivity index (χ0n) is 13.9. The molecule has 0 aromatic rings. The molecule has 0 aliphatic carbocycles. The predicted octanol–water partition coefficient (Wildman–Crippen LogP) is 5.21. The van der Waals surface area contributed by atoms with Gasteiger partial charge in [-0.15, -0.1) is 0 Å². The molecule has 0 amide bonds. The van der Waals surface area contributed by atoms with Crippen LogP contribution in [0.3, 0.4) is 0 Å². The third kappa shape index (κ3) is 14.3. The molecule has 0 aromatic carbocycles. The van der Waals surface area contributed by atoms with Gasteiger partial charge < -0.3 is 10.2 Å². The minimum atomic E-state index is -0.0661. The number of rotatable bonds is 15. The fourth-order valence-corrected chi connectivity index (χ4v) is 2.64. The van der Waals surface area contributed by atoms with E-state index in [1.807, 2.05) is 0 Å². The van der Waals surface area contributed by atoms with Gasteiger partial charge in [0.15, 0.2) is 0 Å². The number of hydrogen-bond acceptors (Lipinski definition) is 2. The Balaban J connectivity index is 3.16. The van der Waals surface area contributed by atoms with E-state index in [-0.39, 0.29) is 12.2 Å². The molecule has 0 aromatic heterocycles. The lowest BCUT2D eigenvalue weighted by Gasteiger charge is -2.10. The van der Waals surface area contributed by atoms with Crippen molar-refractivity contribution in [2.75, 3.05) is 0 Å². The summed E-state index contributed by atoms with van der Waals surface area (Å²) in [5.74, 6) is 0. The van der Waals surface area contributed by atoms with Crippen LogP contribution in [0.2, 0.25) is 0 Å². The third-order valence-electron chi connectivity index (χ3n) is 4.11. The Bertz CT molecular complexity index is 162. The van der Waals surface area contributed by atoms with E-state index in [1.165, 1.54) is 51.4 Å². The molecule has 0 aliphatic heterocycles. The van der Waals surface area contributed by atoms with Crippen LogP contribution < -0.4 is 0 Å². The molecule has 0 radical (unpaired) electrons. The maximum Gasteiger partial charge on any atom is 0.0540 e. The first-order valence-electron chi connectivity index (χ1n) is 9.06. The smallest absolute Gasteiger partial charge is 0.0540 e. The highest BCUT2D eigenvalue weighted by Crippen LogP contribution is 2.14. The van der Waals surface area contributed by atoms with Crippen LogP contribution in [0.15, 0.2) is 0 Å². The van der Waals surface area contributed by atoms with Crippen LogP contribution >= 0.6 is 0 Å². The van der Waals surface area contributed by atoms with Crippen LogP contribution in [0.4, 0.5) is 0 Å². The molecule has 122 valence electrons. The van der Waals surface area contributed by atoms with Crippen LogP contribution in [-0.2, 0) is 0 Å². The summed E-state index contributed by atoms with van der Waals surface area (Å²) >= 11 is 0. The number of aliphatic hydroxyl groups excluding tert-OH is 2. The van der Waals surface area contributed by atoms with E-state index >= 15 is 0 Å². The van der Waals surface area contributed by atoms with Crippen molar-refractivity contribution in [2.45, 2.75) is 116 Å². The predicted molar refractivity (Wildman–Crippen MR) is 88.0 cm³/mol. The molecule has 0 saturated heterocycles. The lowest BCUT2D eigenvalue weighted by Crippen LogP contribution is -2.06. The summed E-state index contributed by atoms with van der Waals surface area (Å²) in [6.07, 6.45) is 15.9. The summed E-state index contributed by atoms with van der Waals surface area (Å²) in [7, 11) is 0. The normalized spacial score (nSPS) is 14.4. The fourth-order valence-electron chi connectivity index (χ4n) is 2.64. The molecule has 0 heterocycles. The average Bonchev–Trinajstić information content (AvgIpc) is 2.45. The molecule has 0 rings (SSSR count). The maximum atomic E-state index is 9.73. The molecule has 2 heteroatoms. The highest BCUT2D eigenvalue weighted by atomic mass is 16.3. The van der Waals surface area contributed by atoms with Gasteiger partial charge in [-0.2, -0.15) is 0 Å². The van der Waals surface area contributed by atoms with Crippen molar-refractivity contribution in [1.82, 2.24) is 0 Å². The van der Waals surface area contributed by atoms with Gasteiger partial charge in [-0.05, 0) is 25.7 Å². The van der Waals surface area contributed by atoms with Crippen molar-refractivity contribution >= 4 is 0 Å². The standard InChI is InChI=1S/C18H38O2/c1-3-5-13-17(19)15-11-9-7-8-10-12-16-18(20)14-6-4-2/h17-20H,3-16H2,1-2H3. The molecule has 2 N–H and O–H groups in total. The highest BCUT2D eigenvalue weighted by molar-refractivity contribution is 4.58. The Kier molecular flexibility index (Phi) is 15.3. The average molecular weight is 286 g/mol. The van der Waals surface area contributed by atoms with Crippen molar-refractivity contribution in [3.8, 4) is 0 Å². The van der Waals surface area contributed by atoms with Gasteiger partial charge in [-0.3, -0.25) is 0 Å². The molecule has 2 atom stereocenters. The summed E-state index contributed by atoms with van der Waals surface area (Å²) in [6, 6.07) is 0. The first kappa shape index (κ1) is 19.9. The summed E-state index contributed by atoms with van der Waals surface area (Å²) in [5.41, 5.74) is 0. The Morgan fingerprint density at radius 1 is 0.500 bits per heavy atom. The second-order valence-electron chi connectivity index (χ2n) is 6.29. The van der Waals surface area contributed by atoms with E-state index in [2.05, 4.69) is 13.8 Å². The summed E-state index contributed by atoms with van der Waals surface area (Å²) in [4.78, 5) is 0. The van der Waals surface area contributed by atoms with Crippen LogP contribution in [0.25, 0.3) is 0 Å². The number of hydrogen-bond donors (Lipinski definition) is 2. The Labute approximate surface area is 127 Å². The zero-order chi connectivity index (χ0) is 15.1. The number of unbranched alkanes of at least 4 members (excludes halogenated alkanes) is 7. The van der Waals surface area contributed by atoms with Gasteiger partial charge >= 0.3 is 0 Å². The molecule has 0 bridgehead atoms. The molecule has 0 fully saturated rings. The molecular formula is C18H38O2. The molecule has 20 heavy (non-hydrogen) atoms. The second kappa shape index (κ2) is 15.3. The summed E-state index contributed by atoms with van der Waals surface area (Å²) < 4.78 is 0. The van der Waals surface area contributed by atoms with Gasteiger partial charge in [-0.1, -0.05) is 78.1 Å². The van der Waals surface area contributed by atoms with E-state index in [4.69, 9.17) is 0 Å². The first-order chi connectivity index (χ1) is 9.70. The monoisotopic (exact) mass is 286 g/mol. The van der Waals surface area contributed by atoms with Gasteiger partial charge in [0.25, 0.3) is 0 Å². The van der Waals surface area contributed by atoms with Gasteiger partial charge in [0.05, 0.1) is 12.2 Å². The van der Waals surface area contributed by atoms with Crippen molar-refractivity contribution in [1.29, 1.82) is 0 Å². The van der Waals surface area contributed by atoms with E-state index in [0.717, 1.165) is 38.5 Å². The minimum absolute atomic E-state index is 0.0661. The van der Waals surface area contributed by atoms with Crippen LogP contribution in [0.1, 0.15) is 104 Å². The van der Waals surface area contributed by atoms with Gasteiger partial charge in [0.1, 0.15) is 0 Å². The molecule has 2 unspecified atom stereocenters. The summed E-state index contributed by atoms with van der Waals surface area (Å²) in [5, 5.41) is 19.5. The Hall–Kier alpha value is -0.0800. The highest BCUT2D eigenvalue weighted by Gasteiger charge is 2.04. The van der Waals surface area contributed by atoms with Crippen LogP contribution in [0.5, 0.6) is 0 Å². The number of aliphatic hydroxyl groups is 2. The van der Waals surface area contributed by atoms with E-state index in [1.54, 1.807) is 0 Å². The van der Waals surface area contributed by atoms with Crippen LogP contribution in [-0.4, -0.2) is 22.4 Å². The lowest BCUT2D eigenvalue weighted by atomic mass is 10.0. The molecular weight excluding hydrogens is 248 g/mol. The topological polar surface area (TPSA) is 40.5 Å². The van der Waals surface area contributed by atoms with E-state index in [9.17, 15) is 10.2 Å². The van der Waals surface area contributed by atoms with Crippen molar-refractivity contribution in [3.05, 3.63) is 0 Å². The van der Waals surface area contributed by atoms with Crippen molar-refractivity contribution in [2.24, 2.45) is 0 Å². The van der Waals surface area contributed by atoms with E-state index in [0.29, 0.717) is 0 Å². The fraction of sp³-hybridized carbons (Fsp3) is 1.00. The zero-order valence-corrected chi connectivity index (χ0v) is 13.9. The van der Waals surface area contributed by atoms with Crippen LogP contribution in [0, 0.1) is 0 Å². The minimum Gasteiger partial charge on any atom is -0.393 e. The van der Waals surface area contributed by atoms with E-state index < -0.39 is 0 Å². The second-order valence-corrected chi connectivity index (χ2v) is 6.29. The Morgan fingerprint density at radius 3 is 1.15 bits per heavy atom. The van der Waals surface area contributed by atoms with Crippen molar-refractivity contribution < 1.29 is 10.2 Å². The first-order valence-corrected chi connectivity index (χ1v) is 9.06. The van der Waals surface area contributed by atoms with Gasteiger partial charge in [0.2, 0.25) is 0 Å². The maximum absolute atomic E-state index is 9.73. The third-order valence-corrected chi connectivity index (χ3v) is 4.11.